The van der Waals surface area contributed by atoms with Crippen molar-refractivity contribution in [3.63, 3.8) is 0 Å². The molecule has 0 bridgehead atoms. The molecule has 1 aliphatic rings. The highest BCUT2D eigenvalue weighted by molar-refractivity contribution is 6.07. The van der Waals surface area contributed by atoms with Crippen LogP contribution in [0.25, 0.3) is 0 Å². The number of methoxy groups -OCH3 is 1. The predicted molar refractivity (Wildman–Crippen MR) is 120 cm³/mol. The smallest absolute Gasteiger partial charge is 0.262 e. The van der Waals surface area contributed by atoms with Crippen LogP contribution in [0.1, 0.15) is 22.3 Å². The molecule has 0 saturated heterocycles. The molecule has 0 radical (unpaired) electrons. The van der Waals surface area contributed by atoms with Crippen LogP contribution in [0.3, 0.4) is 0 Å². The van der Waals surface area contributed by atoms with Crippen LogP contribution < -0.4 is 19.7 Å². The van der Waals surface area contributed by atoms with Gasteiger partial charge in [0.15, 0.2) is 6.61 Å². The van der Waals surface area contributed by atoms with Crippen LogP contribution in [0.2, 0.25) is 0 Å². The Bertz CT molecular complexity index is 1080. The molecule has 0 aromatic heterocycles. The Morgan fingerprint density at radius 2 is 1.77 bits per heavy atom. The molecular weight excluding hydrogens is 392 g/mol. The summed E-state index contributed by atoms with van der Waals surface area (Å²) in [6.45, 7) is 0.522. The molecule has 0 aliphatic carbocycles. The molecule has 1 heterocycles. The molecule has 31 heavy (non-hydrogen) atoms. The zero-order chi connectivity index (χ0) is 21.6. The van der Waals surface area contributed by atoms with Crippen molar-refractivity contribution in [1.82, 2.24) is 0 Å². The Morgan fingerprint density at radius 1 is 0.968 bits per heavy atom. The van der Waals surface area contributed by atoms with Crippen LogP contribution in [0.4, 0.5) is 11.4 Å². The average Bonchev–Trinajstić information content (AvgIpc) is 2.82. The Morgan fingerprint density at radius 3 is 2.58 bits per heavy atom. The maximum atomic E-state index is 13.0. The molecule has 1 N–H and O–H groups in total. The molecule has 3 aromatic carbocycles. The minimum absolute atomic E-state index is 0.0358. The second-order valence-corrected chi connectivity index (χ2v) is 7.29. The molecule has 6 heteroatoms. The minimum atomic E-state index is -0.278. The highest BCUT2D eigenvalue weighted by Gasteiger charge is 2.24. The number of fused-ring (bicyclic) bond motifs is 1. The number of carbonyl (C=O) groups excluding carboxylic acids is 2. The lowest BCUT2D eigenvalue weighted by Gasteiger charge is -2.30. The lowest BCUT2D eigenvalue weighted by molar-refractivity contribution is -0.118. The van der Waals surface area contributed by atoms with Crippen molar-refractivity contribution >= 4 is 23.2 Å². The van der Waals surface area contributed by atoms with Crippen LogP contribution in [0.15, 0.2) is 72.8 Å². The van der Waals surface area contributed by atoms with Crippen molar-refractivity contribution in [2.75, 3.05) is 30.5 Å². The first-order valence-corrected chi connectivity index (χ1v) is 10.2. The maximum Gasteiger partial charge on any atom is 0.262 e. The van der Waals surface area contributed by atoms with E-state index in [-0.39, 0.29) is 18.4 Å². The summed E-state index contributed by atoms with van der Waals surface area (Å²) < 4.78 is 10.7. The van der Waals surface area contributed by atoms with E-state index in [9.17, 15) is 9.59 Å². The van der Waals surface area contributed by atoms with Gasteiger partial charge in [0.25, 0.3) is 11.8 Å². The van der Waals surface area contributed by atoms with Gasteiger partial charge in [-0.1, -0.05) is 30.3 Å². The fourth-order valence-electron chi connectivity index (χ4n) is 3.64. The molecule has 0 atom stereocenters. The molecule has 0 unspecified atom stereocenters. The van der Waals surface area contributed by atoms with Gasteiger partial charge in [-0.25, -0.2) is 0 Å². The molecule has 2 amide bonds. The van der Waals surface area contributed by atoms with E-state index < -0.39 is 0 Å². The molecule has 1 aliphatic heterocycles. The third-order valence-corrected chi connectivity index (χ3v) is 5.16. The second kappa shape index (κ2) is 9.34. The summed E-state index contributed by atoms with van der Waals surface area (Å²) in [4.78, 5) is 27.2. The third kappa shape index (κ3) is 4.86. The standard InChI is InChI=1S/C25H24N2O4/c1-30-21-10-5-11-22(16-21)31-17-24(28)26-20-13-12-18-9-6-14-27(23(18)15-20)25(29)19-7-3-2-4-8-19/h2-5,7-8,10-13,15-16H,6,9,14,17H2,1H3,(H,26,28). The number of benzene rings is 3. The molecule has 0 fully saturated rings. The Hall–Kier alpha value is -3.80. The predicted octanol–water partition coefficient (Wildman–Crippen LogP) is 4.31. The van der Waals surface area contributed by atoms with Crippen molar-refractivity contribution < 1.29 is 19.1 Å². The first-order valence-electron chi connectivity index (χ1n) is 10.2. The van der Waals surface area contributed by atoms with Gasteiger partial charge in [0, 0.05) is 29.5 Å². The molecular formula is C25H24N2O4. The van der Waals surface area contributed by atoms with Crippen LogP contribution in [-0.4, -0.2) is 32.1 Å². The summed E-state index contributed by atoms with van der Waals surface area (Å²) in [6.07, 6.45) is 1.81. The van der Waals surface area contributed by atoms with E-state index in [0.717, 1.165) is 24.1 Å². The number of amides is 2. The summed E-state index contributed by atoms with van der Waals surface area (Å²) in [5.74, 6) is 0.904. The summed E-state index contributed by atoms with van der Waals surface area (Å²) >= 11 is 0. The van der Waals surface area contributed by atoms with Crippen molar-refractivity contribution in [3.05, 3.63) is 83.9 Å². The number of ether oxygens (including phenoxy) is 2. The molecule has 3 aromatic rings. The van der Waals surface area contributed by atoms with Crippen LogP contribution in [-0.2, 0) is 11.2 Å². The van der Waals surface area contributed by atoms with Gasteiger partial charge in [-0.05, 0) is 54.8 Å². The number of aryl methyl sites for hydroxylation is 1. The topological polar surface area (TPSA) is 67.9 Å². The molecule has 6 nitrogen and oxygen atoms in total. The number of nitrogens with zero attached hydrogens (tertiary/aromatic N) is 1. The molecule has 4 rings (SSSR count). The van der Waals surface area contributed by atoms with Crippen molar-refractivity contribution in [2.24, 2.45) is 0 Å². The van der Waals surface area contributed by atoms with Crippen molar-refractivity contribution in [2.45, 2.75) is 12.8 Å². The SMILES string of the molecule is COc1cccc(OCC(=O)Nc2ccc3c(c2)N(C(=O)c2ccccc2)CCC3)c1. The van der Waals surface area contributed by atoms with Crippen LogP contribution in [0.5, 0.6) is 11.5 Å². The highest BCUT2D eigenvalue weighted by atomic mass is 16.5. The van der Waals surface area contributed by atoms with Crippen LogP contribution >= 0.6 is 0 Å². The van der Waals surface area contributed by atoms with E-state index in [1.54, 1.807) is 30.2 Å². The lowest BCUT2D eigenvalue weighted by Crippen LogP contribution is -2.35. The Balaban J connectivity index is 1.45. The summed E-state index contributed by atoms with van der Waals surface area (Å²) in [5, 5.41) is 2.86. The summed E-state index contributed by atoms with van der Waals surface area (Å²) in [6, 6.07) is 22.0. The number of carbonyl (C=O) groups is 2. The number of hydrogen-bond donors (Lipinski definition) is 1. The zero-order valence-corrected chi connectivity index (χ0v) is 17.3. The normalized spacial score (nSPS) is 12.6. The van der Waals surface area contributed by atoms with Gasteiger partial charge in [-0.3, -0.25) is 9.59 Å². The molecule has 158 valence electrons. The molecule has 0 saturated carbocycles. The van der Waals surface area contributed by atoms with Crippen LogP contribution in [0, 0.1) is 0 Å². The largest absolute Gasteiger partial charge is 0.497 e. The summed E-state index contributed by atoms with van der Waals surface area (Å²) in [7, 11) is 1.58. The van der Waals surface area contributed by atoms with Gasteiger partial charge < -0.3 is 19.7 Å². The number of nitrogens with one attached hydrogen (secondary N) is 1. The van der Waals surface area contributed by atoms with Gasteiger partial charge >= 0.3 is 0 Å². The van der Waals surface area contributed by atoms with Gasteiger partial charge in [-0.2, -0.15) is 0 Å². The maximum absolute atomic E-state index is 13.0. The van der Waals surface area contributed by atoms with Crippen molar-refractivity contribution in [3.8, 4) is 11.5 Å². The number of anilines is 2. The monoisotopic (exact) mass is 416 g/mol. The highest BCUT2D eigenvalue weighted by Crippen LogP contribution is 2.31. The third-order valence-electron chi connectivity index (χ3n) is 5.16. The van der Waals surface area contributed by atoms with Crippen molar-refractivity contribution in [1.29, 1.82) is 0 Å². The lowest BCUT2D eigenvalue weighted by atomic mass is 10.00. The quantitative estimate of drug-likeness (QED) is 0.650. The second-order valence-electron chi connectivity index (χ2n) is 7.29. The van der Waals surface area contributed by atoms with E-state index in [4.69, 9.17) is 9.47 Å². The number of rotatable bonds is 6. The minimum Gasteiger partial charge on any atom is -0.497 e. The first kappa shape index (κ1) is 20.5. The fourth-order valence-corrected chi connectivity index (χ4v) is 3.64. The van der Waals surface area contributed by atoms with Gasteiger partial charge in [0.2, 0.25) is 0 Å². The van der Waals surface area contributed by atoms with Gasteiger partial charge in [0.1, 0.15) is 11.5 Å². The van der Waals surface area contributed by atoms with E-state index in [0.29, 0.717) is 29.3 Å². The van der Waals surface area contributed by atoms with E-state index in [1.165, 1.54) is 0 Å². The van der Waals surface area contributed by atoms with Gasteiger partial charge in [0.05, 0.1) is 7.11 Å². The zero-order valence-electron chi connectivity index (χ0n) is 17.3. The van der Waals surface area contributed by atoms with E-state index in [2.05, 4.69) is 5.32 Å². The molecule has 0 spiro atoms. The fraction of sp³-hybridized carbons (Fsp3) is 0.200. The Labute approximate surface area is 181 Å². The van der Waals surface area contributed by atoms with Gasteiger partial charge in [-0.15, -0.1) is 0 Å². The van der Waals surface area contributed by atoms with E-state index >= 15 is 0 Å². The Kier molecular flexibility index (Phi) is 6.17. The summed E-state index contributed by atoms with van der Waals surface area (Å²) in [5.41, 5.74) is 3.22. The first-order chi connectivity index (χ1) is 15.1. The number of hydrogen-bond acceptors (Lipinski definition) is 4. The average molecular weight is 416 g/mol. The van der Waals surface area contributed by atoms with E-state index in [1.807, 2.05) is 54.6 Å².